The molecule has 382 valence electrons. The number of Topliss-reactive ketones (excluding diaryl/α,β-unsaturated/α-hetero) is 1. The largest absolute Gasteiger partial charge is 1.00 e. The second-order valence-corrected chi connectivity index (χ2v) is 18.7. The van der Waals surface area contributed by atoms with Crippen LogP contribution in [0.25, 0.3) is 10.8 Å². The van der Waals surface area contributed by atoms with Crippen LogP contribution < -0.4 is 44.7 Å². The molecule has 4 aliphatic heterocycles. The predicted octanol–water partition coefficient (Wildman–Crippen LogP) is 2.29. The SMILES string of the molecule is CCCCC(CC)C(=O)[O-].CO[C@H]1/C=C/O[C@@]2(C)Oc3c(C)c(O)c4c(O)c(c(/C=N/N5CCN(C)CC5)c(O)c4c3C2=O)NC(=O)/C(C)=C\C=C\[C@H](C)[C@H](O)[C@@H](C)[C@@H](O)[C@@H](C)[C@H](OC(C)=O)[C@@H]1C.[Na+]. The topological polar surface area (TPSA) is 260 Å². The number of hydrogen-bond acceptors (Lipinski definition) is 17. The number of carboxylic acids is 1. The van der Waals surface area contributed by atoms with Gasteiger partial charge in [-0.05, 0) is 45.7 Å². The summed E-state index contributed by atoms with van der Waals surface area (Å²) in [5.41, 5.74) is -0.350. The molecule has 10 atom stereocenters. The summed E-state index contributed by atoms with van der Waals surface area (Å²) in [6, 6.07) is 0. The van der Waals surface area contributed by atoms with Gasteiger partial charge >= 0.3 is 41.3 Å². The fourth-order valence-corrected chi connectivity index (χ4v) is 8.86. The van der Waals surface area contributed by atoms with E-state index >= 15 is 0 Å². The third-order valence-electron chi connectivity index (χ3n) is 13.6. The summed E-state index contributed by atoms with van der Waals surface area (Å²) in [5.74, 6) is -9.46. The Balaban J connectivity index is 0.00000106. The zero-order valence-electron chi connectivity index (χ0n) is 43.1. The number of aromatic hydroxyl groups is 3. The molecule has 1 saturated heterocycles. The number of esters is 1. The molecule has 2 aromatic carbocycles. The smallest absolute Gasteiger partial charge is 0.550 e. The molecule has 18 nitrogen and oxygen atoms in total. The van der Waals surface area contributed by atoms with Crippen LogP contribution in [-0.2, 0) is 28.6 Å². The number of likely N-dealkylation sites (N-methyl/N-ethyl adjacent to an activating group) is 1. The Hall–Kier alpha value is -4.69. The number of rotatable bonds is 9. The summed E-state index contributed by atoms with van der Waals surface area (Å²) in [5, 5.41) is 77.2. The van der Waals surface area contributed by atoms with E-state index < -0.39 is 94.8 Å². The molecule has 6 N–H and O–H groups in total. The average molecular weight is 989 g/mol. The molecule has 2 aromatic rings. The van der Waals surface area contributed by atoms with Crippen molar-refractivity contribution in [2.75, 3.05) is 45.7 Å². The number of methoxy groups -OCH3 is 1. The number of amides is 1. The summed E-state index contributed by atoms with van der Waals surface area (Å²) >= 11 is 0. The maximum atomic E-state index is 14.4. The van der Waals surface area contributed by atoms with Crippen molar-refractivity contribution in [3.8, 4) is 23.0 Å². The molecule has 1 fully saturated rings. The van der Waals surface area contributed by atoms with E-state index in [2.05, 4.69) is 22.2 Å². The first-order chi connectivity index (χ1) is 32.4. The van der Waals surface area contributed by atoms with E-state index in [1.807, 2.05) is 14.0 Å². The second-order valence-electron chi connectivity index (χ2n) is 18.7. The molecule has 0 spiro atoms. The molecule has 70 heavy (non-hydrogen) atoms. The van der Waals surface area contributed by atoms with Gasteiger partial charge in [0.15, 0.2) is 5.75 Å². The number of ether oxygens (including phenoxy) is 4. The first kappa shape index (κ1) is 59.6. The molecule has 1 unspecified atom stereocenters. The number of nitrogens with zero attached hydrogens (tertiary/aromatic N) is 3. The molecule has 4 aliphatic rings. The Kier molecular flexibility index (Phi) is 22.3. The monoisotopic (exact) mass is 989 g/mol. The maximum Gasteiger partial charge on any atom is 1.00 e. The molecule has 0 radical (unpaired) electrons. The van der Waals surface area contributed by atoms with Crippen LogP contribution in [0.15, 0.2) is 41.2 Å². The Morgan fingerprint density at radius 1 is 0.971 bits per heavy atom. The van der Waals surface area contributed by atoms with Crippen LogP contribution in [0.2, 0.25) is 0 Å². The van der Waals surface area contributed by atoms with Crippen LogP contribution in [0.5, 0.6) is 23.0 Å². The van der Waals surface area contributed by atoms with E-state index in [1.165, 1.54) is 59.4 Å². The first-order valence-electron chi connectivity index (χ1n) is 23.7. The fourth-order valence-electron chi connectivity index (χ4n) is 8.86. The quantitative estimate of drug-likeness (QED) is 0.0693. The number of anilines is 1. The molecule has 1 amide bonds. The average Bonchev–Trinajstić information content (AvgIpc) is 3.57. The van der Waals surface area contributed by atoms with Gasteiger partial charge in [-0.25, -0.2) is 0 Å². The van der Waals surface area contributed by atoms with Crippen molar-refractivity contribution >= 4 is 46.3 Å². The number of fused-ring (bicyclic) bond motifs is 14. The number of nitrogens with one attached hydrogen (secondary N) is 1. The van der Waals surface area contributed by atoms with Crippen molar-refractivity contribution in [3.63, 3.8) is 0 Å². The summed E-state index contributed by atoms with van der Waals surface area (Å²) in [6.07, 6.45) is 8.38. The number of phenolic OH excluding ortho intramolecular Hbond substituents is 3. The number of benzene rings is 2. The number of hydrogen-bond donors (Lipinski definition) is 6. The number of phenols is 3. The Bertz CT molecular complexity index is 2310. The number of unbranched alkanes of at least 4 members (excludes halogenated alkanes) is 1. The van der Waals surface area contributed by atoms with Crippen LogP contribution in [0.1, 0.15) is 109 Å². The standard InChI is InChI=1S/C43H58N4O12.C8H16O2.Na/c1-21-12-11-13-22(2)42(55)45-33-28(20-44-47-17-15-46(9)16-18-47)37(52)30-31(38(33)53)36(51)26(6)40-32(30)41(54)43(8,59-40)57-19-14-29(56-10)23(3)39(58-27(7)48)25(5)35(50)24(4)34(21)49;1-3-5-6-7(4-2)8(9)10;/h11-14,19-21,23-25,29,34-35,39,49-53H,15-18H2,1-10H3,(H,45,55);7H,3-6H2,1-2H3,(H,9,10);/q;;+1/p-1/b12-11+,19-14+,22-13-,44-20+;;/t21-,23+,24+,25+,29-,34-,35+,39+,43-;;/m0../s1. The number of piperazine rings is 1. The number of aliphatic hydroxyl groups excluding tert-OH is 2. The maximum absolute atomic E-state index is 14.4. The number of ketones is 1. The molecule has 0 aliphatic carbocycles. The zero-order chi connectivity index (χ0) is 51.7. The minimum atomic E-state index is -2.04. The van der Waals surface area contributed by atoms with Crippen molar-refractivity contribution in [1.82, 2.24) is 9.91 Å². The van der Waals surface area contributed by atoms with Crippen molar-refractivity contribution < 1.29 is 98.3 Å². The van der Waals surface area contributed by atoms with Crippen LogP contribution in [0.4, 0.5) is 5.69 Å². The number of allylic oxidation sites excluding steroid dienone is 2. The minimum Gasteiger partial charge on any atom is -0.550 e. The van der Waals surface area contributed by atoms with Crippen LogP contribution >= 0.6 is 0 Å². The van der Waals surface area contributed by atoms with Gasteiger partial charge in [0.05, 0.1) is 53.0 Å². The molecule has 0 saturated carbocycles. The number of carbonyl (C=O) groups is 4. The first-order valence-corrected chi connectivity index (χ1v) is 23.7. The second kappa shape index (κ2) is 26.1. The van der Waals surface area contributed by atoms with E-state index in [-0.39, 0.29) is 79.9 Å². The van der Waals surface area contributed by atoms with E-state index in [9.17, 15) is 49.8 Å². The number of aliphatic carboxylic acids is 1. The van der Waals surface area contributed by atoms with Crippen molar-refractivity contribution in [1.29, 1.82) is 0 Å². The third-order valence-corrected chi connectivity index (χ3v) is 13.6. The third kappa shape index (κ3) is 13.6. The summed E-state index contributed by atoms with van der Waals surface area (Å²) < 4.78 is 23.6. The van der Waals surface area contributed by atoms with E-state index in [0.717, 1.165) is 32.4 Å². The van der Waals surface area contributed by atoms with Gasteiger partial charge in [0.2, 0.25) is 0 Å². The predicted molar refractivity (Wildman–Crippen MR) is 259 cm³/mol. The van der Waals surface area contributed by atoms with E-state index in [1.54, 1.807) is 44.9 Å². The van der Waals surface area contributed by atoms with Gasteiger partial charge in [0.1, 0.15) is 23.4 Å². The van der Waals surface area contributed by atoms with Crippen molar-refractivity contribution in [2.45, 2.75) is 125 Å². The van der Waals surface area contributed by atoms with Crippen molar-refractivity contribution in [2.24, 2.45) is 34.7 Å². The molecule has 4 heterocycles. The van der Waals surface area contributed by atoms with Crippen LogP contribution in [0.3, 0.4) is 0 Å². The number of carboxylic acid groups (broad SMARTS) is 1. The molecule has 19 heteroatoms. The van der Waals surface area contributed by atoms with Crippen LogP contribution in [-0.4, -0.2) is 136 Å². The van der Waals surface area contributed by atoms with Gasteiger partial charge in [-0.1, -0.05) is 72.6 Å². The molecule has 5 bridgehead atoms. The van der Waals surface area contributed by atoms with Crippen molar-refractivity contribution in [3.05, 3.63) is 52.8 Å². The van der Waals surface area contributed by atoms with E-state index in [0.29, 0.717) is 19.5 Å². The fraction of sp³-hybridized carbons (Fsp3) is 0.588. The Labute approximate surface area is 433 Å². The van der Waals surface area contributed by atoms with Gasteiger partial charge in [-0.3, -0.25) is 19.4 Å². The summed E-state index contributed by atoms with van der Waals surface area (Å²) in [7, 11) is 3.42. The van der Waals surface area contributed by atoms with E-state index in [4.69, 9.17) is 18.9 Å². The molecule has 0 aromatic heterocycles. The zero-order valence-corrected chi connectivity index (χ0v) is 45.1. The summed E-state index contributed by atoms with van der Waals surface area (Å²) in [4.78, 5) is 53.0. The van der Waals surface area contributed by atoms with Gasteiger partial charge < -0.3 is 64.6 Å². The summed E-state index contributed by atoms with van der Waals surface area (Å²) in [6.45, 7) is 19.0. The Morgan fingerprint density at radius 3 is 2.19 bits per heavy atom. The van der Waals surface area contributed by atoms with Gasteiger partial charge in [0.25, 0.3) is 11.7 Å². The van der Waals surface area contributed by atoms with Gasteiger partial charge in [-0.2, -0.15) is 5.10 Å². The molecular weight excluding hydrogens is 916 g/mol. The number of aliphatic hydroxyl groups is 2. The van der Waals surface area contributed by atoms with Gasteiger partial charge in [-0.15, -0.1) is 0 Å². The van der Waals surface area contributed by atoms with Gasteiger partial charge in [0, 0.05) is 93.3 Å². The van der Waals surface area contributed by atoms with Crippen LogP contribution in [0, 0.1) is 36.5 Å². The Morgan fingerprint density at radius 2 is 1.61 bits per heavy atom. The number of carbonyl (C=O) groups excluding carboxylic acids is 4. The molecular formula is C51H73N4NaO14. The normalized spacial score (nSPS) is 28.9. The molecule has 6 rings (SSSR count). The number of hydrazone groups is 1. The minimum absolute atomic E-state index is 0.